The van der Waals surface area contributed by atoms with Crippen molar-refractivity contribution < 1.29 is 0 Å². The molecule has 1 aromatic carbocycles. The number of rotatable bonds is 6. The van der Waals surface area contributed by atoms with Gasteiger partial charge in [-0.25, -0.2) is 0 Å². The van der Waals surface area contributed by atoms with Crippen LogP contribution < -0.4 is 10.2 Å². The maximum Gasteiger partial charge on any atom is 0.0474 e. The smallest absolute Gasteiger partial charge is 0.0474 e. The third-order valence-corrected chi connectivity index (χ3v) is 3.42. The van der Waals surface area contributed by atoms with Gasteiger partial charge in [0, 0.05) is 29.8 Å². The Labute approximate surface area is 110 Å². The minimum Gasteiger partial charge on any atom is -0.372 e. The quantitative estimate of drug-likeness (QED) is 0.830. The molecule has 0 aliphatic carbocycles. The molecule has 0 bridgehead atoms. The van der Waals surface area contributed by atoms with Crippen molar-refractivity contribution in [3.8, 4) is 0 Å². The lowest BCUT2D eigenvalue weighted by molar-refractivity contribution is 0.598. The molecule has 0 amide bonds. The third-order valence-electron chi connectivity index (χ3n) is 3.09. The van der Waals surface area contributed by atoms with Crippen LogP contribution in [-0.4, -0.2) is 19.6 Å². The Morgan fingerprint density at radius 2 is 1.88 bits per heavy atom. The van der Waals surface area contributed by atoms with Crippen LogP contribution in [0.3, 0.4) is 0 Å². The fourth-order valence-corrected chi connectivity index (χ4v) is 2.41. The molecule has 2 nitrogen and oxygen atoms in total. The Kier molecular flexibility index (Phi) is 5.79. The summed E-state index contributed by atoms with van der Waals surface area (Å²) in [7, 11) is 0. The standard InChI is InChI=1S/C14H23ClN2/c1-5-16-11(4)13-9-8-12(10-14(13)15)17(6-2)7-3/h8-11,16H,5-7H2,1-4H3. The highest BCUT2D eigenvalue weighted by Crippen LogP contribution is 2.27. The zero-order valence-corrected chi connectivity index (χ0v) is 12.0. The lowest BCUT2D eigenvalue weighted by Crippen LogP contribution is -2.22. The molecule has 3 heteroatoms. The summed E-state index contributed by atoms with van der Waals surface area (Å²) in [4.78, 5) is 2.30. The number of hydrogen-bond acceptors (Lipinski definition) is 2. The summed E-state index contributed by atoms with van der Waals surface area (Å²) in [6, 6.07) is 6.65. The molecule has 0 aliphatic rings. The first-order valence-electron chi connectivity index (χ1n) is 6.41. The van der Waals surface area contributed by atoms with Gasteiger partial charge >= 0.3 is 0 Å². The van der Waals surface area contributed by atoms with Crippen LogP contribution in [0.5, 0.6) is 0 Å². The van der Waals surface area contributed by atoms with Crippen molar-refractivity contribution >= 4 is 17.3 Å². The van der Waals surface area contributed by atoms with E-state index in [-0.39, 0.29) is 0 Å². The van der Waals surface area contributed by atoms with Gasteiger partial charge in [-0.3, -0.25) is 0 Å². The molecule has 1 unspecified atom stereocenters. The minimum atomic E-state index is 0.304. The van der Waals surface area contributed by atoms with Crippen LogP contribution >= 0.6 is 11.6 Å². The predicted molar refractivity (Wildman–Crippen MR) is 77.1 cm³/mol. The van der Waals surface area contributed by atoms with E-state index < -0.39 is 0 Å². The minimum absolute atomic E-state index is 0.304. The number of nitrogens with zero attached hydrogens (tertiary/aromatic N) is 1. The van der Waals surface area contributed by atoms with E-state index in [1.807, 2.05) is 0 Å². The summed E-state index contributed by atoms with van der Waals surface area (Å²) in [5.74, 6) is 0. The zero-order valence-electron chi connectivity index (χ0n) is 11.3. The number of hydrogen-bond donors (Lipinski definition) is 1. The maximum atomic E-state index is 6.35. The number of anilines is 1. The Morgan fingerprint density at radius 1 is 1.24 bits per heavy atom. The van der Waals surface area contributed by atoms with Crippen molar-refractivity contribution in [2.24, 2.45) is 0 Å². The number of halogens is 1. The molecule has 0 radical (unpaired) electrons. The van der Waals surface area contributed by atoms with E-state index in [4.69, 9.17) is 11.6 Å². The van der Waals surface area contributed by atoms with Gasteiger partial charge in [0.2, 0.25) is 0 Å². The highest BCUT2D eigenvalue weighted by Gasteiger charge is 2.10. The molecule has 17 heavy (non-hydrogen) atoms. The predicted octanol–water partition coefficient (Wildman–Crippen LogP) is 3.86. The number of benzene rings is 1. The van der Waals surface area contributed by atoms with E-state index in [1.165, 1.54) is 11.3 Å². The molecule has 0 saturated heterocycles. The average molecular weight is 255 g/mol. The number of nitrogens with one attached hydrogen (secondary N) is 1. The van der Waals surface area contributed by atoms with E-state index in [0.29, 0.717) is 6.04 Å². The summed E-state index contributed by atoms with van der Waals surface area (Å²) < 4.78 is 0. The highest BCUT2D eigenvalue weighted by molar-refractivity contribution is 6.31. The lowest BCUT2D eigenvalue weighted by Gasteiger charge is -2.23. The van der Waals surface area contributed by atoms with E-state index >= 15 is 0 Å². The molecular weight excluding hydrogens is 232 g/mol. The Hall–Kier alpha value is -0.730. The Balaban J connectivity index is 2.92. The molecule has 1 rings (SSSR count). The third kappa shape index (κ3) is 3.62. The van der Waals surface area contributed by atoms with Crippen LogP contribution in [0.1, 0.15) is 39.3 Å². The summed E-state index contributed by atoms with van der Waals surface area (Å²) >= 11 is 6.35. The summed E-state index contributed by atoms with van der Waals surface area (Å²) in [5, 5.41) is 4.23. The van der Waals surface area contributed by atoms with Gasteiger partial charge in [0.05, 0.1) is 0 Å². The Morgan fingerprint density at radius 3 is 2.35 bits per heavy atom. The normalized spacial score (nSPS) is 12.5. The SMILES string of the molecule is CCNC(C)c1ccc(N(CC)CC)cc1Cl. The summed E-state index contributed by atoms with van der Waals surface area (Å²) in [6.07, 6.45) is 0. The van der Waals surface area contributed by atoms with Gasteiger partial charge in [-0.1, -0.05) is 24.6 Å². The second kappa shape index (κ2) is 6.87. The topological polar surface area (TPSA) is 15.3 Å². The van der Waals surface area contributed by atoms with E-state index in [1.54, 1.807) is 0 Å². The van der Waals surface area contributed by atoms with Gasteiger partial charge in [0.1, 0.15) is 0 Å². The first kappa shape index (κ1) is 14.3. The molecule has 0 fully saturated rings. The first-order valence-corrected chi connectivity index (χ1v) is 6.79. The van der Waals surface area contributed by atoms with Crippen molar-refractivity contribution in [1.82, 2.24) is 5.32 Å². The van der Waals surface area contributed by atoms with Crippen LogP contribution in [0.4, 0.5) is 5.69 Å². The second-order valence-electron chi connectivity index (χ2n) is 4.16. The van der Waals surface area contributed by atoms with E-state index in [9.17, 15) is 0 Å². The van der Waals surface area contributed by atoms with Gasteiger partial charge in [-0.15, -0.1) is 0 Å². The van der Waals surface area contributed by atoms with Gasteiger partial charge < -0.3 is 10.2 Å². The summed E-state index contributed by atoms with van der Waals surface area (Å²) in [6.45, 7) is 11.5. The Bertz CT molecular complexity index is 348. The molecule has 0 heterocycles. The first-order chi connectivity index (χ1) is 8.13. The van der Waals surface area contributed by atoms with Crippen molar-refractivity contribution in [3.05, 3.63) is 28.8 Å². The van der Waals surface area contributed by atoms with Crippen LogP contribution in [0.25, 0.3) is 0 Å². The monoisotopic (exact) mass is 254 g/mol. The maximum absolute atomic E-state index is 6.35. The van der Waals surface area contributed by atoms with Gasteiger partial charge in [-0.2, -0.15) is 0 Å². The van der Waals surface area contributed by atoms with Crippen LogP contribution in [0, 0.1) is 0 Å². The summed E-state index contributed by atoms with van der Waals surface area (Å²) in [5.41, 5.74) is 2.37. The van der Waals surface area contributed by atoms with Crippen molar-refractivity contribution in [2.75, 3.05) is 24.5 Å². The van der Waals surface area contributed by atoms with Gasteiger partial charge in [-0.05, 0) is 45.0 Å². The van der Waals surface area contributed by atoms with Crippen molar-refractivity contribution in [2.45, 2.75) is 33.7 Å². The average Bonchev–Trinajstić information content (AvgIpc) is 2.31. The lowest BCUT2D eigenvalue weighted by atomic mass is 10.1. The van der Waals surface area contributed by atoms with Gasteiger partial charge in [0.25, 0.3) is 0 Å². The van der Waals surface area contributed by atoms with E-state index in [2.05, 4.69) is 56.1 Å². The fourth-order valence-electron chi connectivity index (χ4n) is 2.07. The molecule has 1 aromatic rings. The molecule has 0 aromatic heterocycles. The van der Waals surface area contributed by atoms with E-state index in [0.717, 1.165) is 24.7 Å². The molecule has 1 atom stereocenters. The molecule has 1 N–H and O–H groups in total. The fraction of sp³-hybridized carbons (Fsp3) is 0.571. The van der Waals surface area contributed by atoms with Crippen molar-refractivity contribution in [3.63, 3.8) is 0 Å². The molecule has 96 valence electrons. The molecular formula is C14H23ClN2. The van der Waals surface area contributed by atoms with Gasteiger partial charge in [0.15, 0.2) is 0 Å². The van der Waals surface area contributed by atoms with Crippen LogP contribution in [0.2, 0.25) is 5.02 Å². The molecule has 0 saturated carbocycles. The van der Waals surface area contributed by atoms with Crippen molar-refractivity contribution in [1.29, 1.82) is 0 Å². The molecule has 0 aliphatic heterocycles. The highest BCUT2D eigenvalue weighted by atomic mass is 35.5. The van der Waals surface area contributed by atoms with Crippen LogP contribution in [0.15, 0.2) is 18.2 Å². The molecule has 0 spiro atoms. The zero-order chi connectivity index (χ0) is 12.8. The largest absolute Gasteiger partial charge is 0.372 e. The second-order valence-corrected chi connectivity index (χ2v) is 4.56. The van der Waals surface area contributed by atoms with Crippen LogP contribution in [-0.2, 0) is 0 Å².